The Labute approximate surface area is 248 Å². The molecule has 0 saturated carbocycles. The fourth-order valence-electron chi connectivity index (χ4n) is 4.94. The van der Waals surface area contributed by atoms with Gasteiger partial charge in [0.05, 0.1) is 37.2 Å². The number of aromatic nitrogens is 2. The van der Waals surface area contributed by atoms with Gasteiger partial charge in [0.1, 0.15) is 24.2 Å². The zero-order chi connectivity index (χ0) is 30.2. The van der Waals surface area contributed by atoms with Crippen LogP contribution in [0.15, 0.2) is 89.0 Å². The van der Waals surface area contributed by atoms with Crippen molar-refractivity contribution < 1.29 is 18.5 Å². The molecule has 11 heteroatoms. The van der Waals surface area contributed by atoms with Gasteiger partial charge in [-0.3, -0.25) is 24.9 Å². The summed E-state index contributed by atoms with van der Waals surface area (Å²) < 4.78 is 18.5. The molecule has 1 saturated heterocycles. The molecular formula is C32H32FN7O3. The Hall–Kier alpha value is -5.00. The predicted molar refractivity (Wildman–Crippen MR) is 161 cm³/mol. The van der Waals surface area contributed by atoms with Crippen LogP contribution in [0.2, 0.25) is 0 Å². The molecule has 43 heavy (non-hydrogen) atoms. The first kappa shape index (κ1) is 29.5. The molecule has 0 bridgehead atoms. The van der Waals surface area contributed by atoms with Gasteiger partial charge in [-0.05, 0) is 36.0 Å². The van der Waals surface area contributed by atoms with Crippen LogP contribution < -0.4 is 10.6 Å². The molecule has 220 valence electrons. The van der Waals surface area contributed by atoms with Crippen LogP contribution in [-0.4, -0.2) is 64.3 Å². The van der Waals surface area contributed by atoms with Crippen molar-refractivity contribution in [3.8, 4) is 11.4 Å². The number of pyridine rings is 1. The van der Waals surface area contributed by atoms with Gasteiger partial charge in [-0.15, -0.1) is 0 Å². The van der Waals surface area contributed by atoms with E-state index in [9.17, 15) is 14.0 Å². The van der Waals surface area contributed by atoms with E-state index in [-0.39, 0.29) is 31.4 Å². The lowest BCUT2D eigenvalue weighted by atomic mass is 10.0. The maximum Gasteiger partial charge on any atom is 0.242 e. The van der Waals surface area contributed by atoms with Crippen LogP contribution >= 0.6 is 0 Å². The summed E-state index contributed by atoms with van der Waals surface area (Å²) in [6.07, 6.45) is 2.41. The van der Waals surface area contributed by atoms with Crippen molar-refractivity contribution in [2.75, 3.05) is 19.6 Å². The zero-order valence-electron chi connectivity index (χ0n) is 23.6. The van der Waals surface area contributed by atoms with Crippen molar-refractivity contribution in [1.29, 1.82) is 0 Å². The summed E-state index contributed by atoms with van der Waals surface area (Å²) in [5.41, 5.74) is 4.43. The van der Waals surface area contributed by atoms with Crippen LogP contribution in [-0.2, 0) is 29.2 Å². The first-order valence-corrected chi connectivity index (χ1v) is 13.8. The average molecular weight is 582 g/mol. The van der Waals surface area contributed by atoms with E-state index in [1.54, 1.807) is 21.9 Å². The minimum Gasteiger partial charge on any atom is -0.359 e. The van der Waals surface area contributed by atoms with E-state index < -0.39 is 12.0 Å². The van der Waals surface area contributed by atoms with E-state index >= 15 is 0 Å². The summed E-state index contributed by atoms with van der Waals surface area (Å²) in [5, 5.41) is 10.5. The fourth-order valence-corrected chi connectivity index (χ4v) is 4.94. The number of nitrogens with one attached hydrogen (secondary N) is 2. The van der Waals surface area contributed by atoms with Gasteiger partial charge >= 0.3 is 0 Å². The minimum atomic E-state index is -0.441. The lowest BCUT2D eigenvalue weighted by molar-refractivity contribution is -0.150. The normalized spacial score (nSPS) is 15.0. The third-order valence-electron chi connectivity index (χ3n) is 7.17. The Bertz CT molecular complexity index is 1590. The predicted octanol–water partition coefficient (Wildman–Crippen LogP) is 3.93. The number of carbonyl (C=O) groups is 2. The van der Waals surface area contributed by atoms with Gasteiger partial charge in [0.25, 0.3) is 0 Å². The maximum atomic E-state index is 13.4. The molecule has 0 radical (unpaired) electrons. The van der Waals surface area contributed by atoms with Crippen LogP contribution in [0.25, 0.3) is 17.5 Å². The summed E-state index contributed by atoms with van der Waals surface area (Å²) in [6, 6.07) is 20.0. The van der Waals surface area contributed by atoms with Crippen LogP contribution in [0, 0.1) is 5.82 Å². The number of hydrogen-bond donors (Lipinski definition) is 2. The fraction of sp³-hybridized carbons (Fsp3) is 0.219. The van der Waals surface area contributed by atoms with E-state index in [1.165, 1.54) is 12.1 Å². The molecule has 10 nitrogen and oxygen atoms in total. The molecule has 1 fully saturated rings. The van der Waals surface area contributed by atoms with Gasteiger partial charge in [0.2, 0.25) is 11.8 Å². The van der Waals surface area contributed by atoms with E-state index in [4.69, 9.17) is 4.52 Å². The van der Waals surface area contributed by atoms with Gasteiger partial charge in [-0.2, -0.15) is 0 Å². The van der Waals surface area contributed by atoms with Crippen LogP contribution in [0.4, 0.5) is 10.1 Å². The molecule has 0 spiro atoms. The van der Waals surface area contributed by atoms with Gasteiger partial charge in [-0.25, -0.2) is 4.39 Å². The number of rotatable bonds is 12. The van der Waals surface area contributed by atoms with Crippen LogP contribution in [0.5, 0.6) is 0 Å². The zero-order valence-corrected chi connectivity index (χ0v) is 23.6. The smallest absolute Gasteiger partial charge is 0.242 e. The highest BCUT2D eigenvalue weighted by molar-refractivity contribution is 5.87. The average Bonchev–Trinajstić information content (AvgIpc) is 3.50. The van der Waals surface area contributed by atoms with Crippen LogP contribution in [0.1, 0.15) is 22.5 Å². The molecule has 0 aliphatic carbocycles. The Morgan fingerprint density at radius 2 is 1.95 bits per heavy atom. The number of aliphatic imine (C=N–C) groups is 1. The Balaban J connectivity index is 1.25. The lowest BCUT2D eigenvalue weighted by Gasteiger charge is -2.41. The van der Waals surface area contributed by atoms with Gasteiger partial charge in [0, 0.05) is 24.7 Å². The molecule has 1 atom stereocenters. The van der Waals surface area contributed by atoms with Crippen molar-refractivity contribution in [1.82, 2.24) is 30.6 Å². The number of hydrogen-bond acceptors (Lipinski definition) is 8. The Kier molecular flexibility index (Phi) is 9.45. The topological polar surface area (TPSA) is 116 Å². The molecule has 2 amide bonds. The van der Waals surface area contributed by atoms with Crippen molar-refractivity contribution in [3.63, 3.8) is 0 Å². The second-order valence-electron chi connectivity index (χ2n) is 10.0. The first-order chi connectivity index (χ1) is 20.9. The number of benzene rings is 2. The third-order valence-corrected chi connectivity index (χ3v) is 7.17. The number of piperazine rings is 1. The molecule has 3 heterocycles. The van der Waals surface area contributed by atoms with Crippen molar-refractivity contribution >= 4 is 30.3 Å². The molecule has 1 aliphatic heterocycles. The van der Waals surface area contributed by atoms with E-state index in [0.717, 1.165) is 22.9 Å². The molecule has 2 aromatic carbocycles. The SMILES string of the molecule is C=Cc1c(CN2CC(NCc3ccccc3)N(C(=O)CNCc3cc(-c4ccc(F)cn4)no3)CC2=O)cccc1N=C. The third kappa shape index (κ3) is 7.26. The molecule has 1 unspecified atom stereocenters. The highest BCUT2D eigenvalue weighted by atomic mass is 19.1. The van der Waals surface area contributed by atoms with Gasteiger partial charge in [-0.1, -0.05) is 60.3 Å². The quantitative estimate of drug-likeness (QED) is 0.244. The highest BCUT2D eigenvalue weighted by Gasteiger charge is 2.35. The summed E-state index contributed by atoms with van der Waals surface area (Å²) in [6.45, 7) is 8.86. The summed E-state index contributed by atoms with van der Waals surface area (Å²) in [4.78, 5) is 38.1. The standard InChI is InChI=1S/C32H32FN7O3/c1-3-26-23(10-7-11-27(26)34-2)19-39-20-30(37-15-22-8-5-4-6-9-22)40(21-32(39)42)31(41)18-35-17-25-14-29(38-43-25)28-13-12-24(33)16-36-28/h3-14,16,30,35,37H,1-2,15,17-21H2. The molecule has 4 aromatic rings. The summed E-state index contributed by atoms with van der Waals surface area (Å²) >= 11 is 0. The lowest BCUT2D eigenvalue weighted by Crippen LogP contribution is -2.63. The van der Waals surface area contributed by atoms with E-state index in [0.29, 0.717) is 42.5 Å². The molecule has 2 N–H and O–H groups in total. The monoisotopic (exact) mass is 581 g/mol. The Morgan fingerprint density at radius 3 is 2.70 bits per heavy atom. The number of halogens is 1. The van der Waals surface area contributed by atoms with E-state index in [2.05, 4.69) is 39.1 Å². The maximum absolute atomic E-state index is 13.4. The second-order valence-corrected chi connectivity index (χ2v) is 10.0. The van der Waals surface area contributed by atoms with Gasteiger partial charge in [0.15, 0.2) is 5.76 Å². The van der Waals surface area contributed by atoms with Crippen molar-refractivity contribution in [2.45, 2.75) is 25.8 Å². The summed E-state index contributed by atoms with van der Waals surface area (Å²) in [7, 11) is 0. The molecular weight excluding hydrogens is 549 g/mol. The highest BCUT2D eigenvalue weighted by Crippen LogP contribution is 2.26. The number of carbonyl (C=O) groups excluding carboxylic acids is 2. The summed E-state index contributed by atoms with van der Waals surface area (Å²) in [5.74, 6) is -0.347. The van der Waals surface area contributed by atoms with Crippen LogP contribution in [0.3, 0.4) is 0 Å². The molecule has 1 aliphatic rings. The molecule has 5 rings (SSSR count). The van der Waals surface area contributed by atoms with E-state index in [1.807, 2.05) is 48.5 Å². The van der Waals surface area contributed by atoms with Crippen molar-refractivity contribution in [2.24, 2.45) is 4.99 Å². The first-order valence-electron chi connectivity index (χ1n) is 13.8. The second kappa shape index (κ2) is 13.8. The largest absolute Gasteiger partial charge is 0.359 e. The van der Waals surface area contributed by atoms with Crippen molar-refractivity contribution in [3.05, 3.63) is 108 Å². The molecule has 2 aromatic heterocycles. The number of amides is 2. The van der Waals surface area contributed by atoms with Gasteiger partial charge < -0.3 is 19.6 Å². The Morgan fingerprint density at radius 1 is 1.12 bits per heavy atom. The minimum absolute atomic E-state index is 0.0186. The number of nitrogens with zero attached hydrogens (tertiary/aromatic N) is 5.